The first-order valence-corrected chi connectivity index (χ1v) is 9.14. The number of aromatic nitrogens is 1. The van der Waals surface area contributed by atoms with Gasteiger partial charge >= 0.3 is 0 Å². The van der Waals surface area contributed by atoms with Crippen LogP contribution in [0.15, 0.2) is 21.5 Å². The van der Waals surface area contributed by atoms with E-state index in [9.17, 15) is 14.4 Å². The van der Waals surface area contributed by atoms with Crippen molar-refractivity contribution in [1.29, 1.82) is 0 Å². The smallest absolute Gasteiger partial charge is 0.254 e. The van der Waals surface area contributed by atoms with Crippen LogP contribution in [0.3, 0.4) is 0 Å². The van der Waals surface area contributed by atoms with E-state index in [-0.39, 0.29) is 41.4 Å². The Hall–Kier alpha value is -1.63. The predicted molar refractivity (Wildman–Crippen MR) is 89.5 cm³/mol. The molecule has 1 aromatic rings. The molecule has 2 heterocycles. The second-order valence-electron chi connectivity index (χ2n) is 6.98. The van der Waals surface area contributed by atoms with Gasteiger partial charge < -0.3 is 9.30 Å². The van der Waals surface area contributed by atoms with E-state index in [0.29, 0.717) is 5.75 Å². The van der Waals surface area contributed by atoms with Gasteiger partial charge in [-0.1, -0.05) is 0 Å². The van der Waals surface area contributed by atoms with Gasteiger partial charge in [0.15, 0.2) is 0 Å². The Bertz CT molecular complexity index is 746. The Morgan fingerprint density at radius 1 is 1.08 bits per heavy atom. The fourth-order valence-corrected chi connectivity index (χ4v) is 4.35. The highest BCUT2D eigenvalue weighted by Gasteiger charge is 2.60. The molecule has 0 bridgehead atoms. The van der Waals surface area contributed by atoms with E-state index in [0.717, 1.165) is 36.6 Å². The van der Waals surface area contributed by atoms with E-state index >= 15 is 0 Å². The van der Waals surface area contributed by atoms with Gasteiger partial charge in [-0.2, -0.15) is 0 Å². The van der Waals surface area contributed by atoms with E-state index in [2.05, 4.69) is 15.9 Å². The monoisotopic (exact) mass is 394 g/mol. The van der Waals surface area contributed by atoms with E-state index < -0.39 is 0 Å². The molecule has 7 heteroatoms. The number of piperidine rings is 1. The lowest BCUT2D eigenvalue weighted by Crippen LogP contribution is -2.45. The molecule has 1 saturated heterocycles. The maximum Gasteiger partial charge on any atom is 0.254 e. The molecule has 2 amide bonds. The third-order valence-corrected chi connectivity index (χ3v) is 5.94. The number of hydrogen-bond donors (Lipinski definition) is 0. The Morgan fingerprint density at radius 2 is 1.71 bits per heavy atom. The molecule has 2 saturated carbocycles. The number of carbonyl (C=O) groups excluding carboxylic acids is 2. The number of aryl methyl sites for hydroxylation is 1. The summed E-state index contributed by atoms with van der Waals surface area (Å²) in [5.74, 6) is 0.564. The summed E-state index contributed by atoms with van der Waals surface area (Å²) in [4.78, 5) is 37.6. The van der Waals surface area contributed by atoms with Gasteiger partial charge in [-0.05, 0) is 48.0 Å². The summed E-state index contributed by atoms with van der Waals surface area (Å²) >= 11 is 3.42. The molecule has 128 valence electrons. The molecule has 2 atom stereocenters. The van der Waals surface area contributed by atoms with Gasteiger partial charge in [0.2, 0.25) is 11.8 Å². The molecule has 0 N–H and O–H groups in total. The van der Waals surface area contributed by atoms with E-state index in [1.54, 1.807) is 13.2 Å². The molecular weight excluding hydrogens is 376 g/mol. The summed E-state index contributed by atoms with van der Waals surface area (Å²) in [6.07, 6.45) is 5.54. The minimum Gasteiger partial charge on any atom is -0.489 e. The summed E-state index contributed by atoms with van der Waals surface area (Å²) in [7, 11) is 1.69. The lowest BCUT2D eigenvalue weighted by molar-refractivity contribution is -0.145. The van der Waals surface area contributed by atoms with Crippen molar-refractivity contribution in [3.05, 3.63) is 27.1 Å². The number of halogens is 1. The number of ether oxygens (including phenoxy) is 1. The van der Waals surface area contributed by atoms with Crippen molar-refractivity contribution in [2.45, 2.75) is 44.2 Å². The third kappa shape index (κ3) is 2.59. The van der Waals surface area contributed by atoms with Gasteiger partial charge in [-0.3, -0.25) is 19.3 Å². The number of fused-ring (bicyclic) bond motifs is 1. The maximum atomic E-state index is 12.2. The molecule has 3 fully saturated rings. The number of pyridine rings is 1. The van der Waals surface area contributed by atoms with Crippen molar-refractivity contribution in [1.82, 2.24) is 9.47 Å². The topological polar surface area (TPSA) is 68.6 Å². The normalized spacial score (nSPS) is 32.0. The lowest BCUT2D eigenvalue weighted by atomic mass is 9.91. The molecular formula is C17H19BrN2O4. The van der Waals surface area contributed by atoms with Gasteiger partial charge in [-0.15, -0.1) is 0 Å². The number of carbonyl (C=O) groups is 2. The SMILES string of the molecule is Cn1cc(Br)c(OC2CCC(N3C(=O)C4CC4C3=O)CC2)cc1=O. The highest BCUT2D eigenvalue weighted by molar-refractivity contribution is 9.10. The van der Waals surface area contributed by atoms with Crippen LogP contribution < -0.4 is 10.3 Å². The Morgan fingerprint density at radius 3 is 2.33 bits per heavy atom. The summed E-state index contributed by atoms with van der Waals surface area (Å²) < 4.78 is 8.20. The summed E-state index contributed by atoms with van der Waals surface area (Å²) in [6.45, 7) is 0. The highest BCUT2D eigenvalue weighted by Crippen LogP contribution is 2.48. The van der Waals surface area contributed by atoms with Crippen LogP contribution in [0.5, 0.6) is 5.75 Å². The number of nitrogens with zero attached hydrogens (tertiary/aromatic N) is 2. The average Bonchev–Trinajstić information content (AvgIpc) is 3.30. The van der Waals surface area contributed by atoms with Crippen LogP contribution >= 0.6 is 15.9 Å². The van der Waals surface area contributed by atoms with Gasteiger partial charge in [0.25, 0.3) is 5.56 Å². The molecule has 24 heavy (non-hydrogen) atoms. The van der Waals surface area contributed by atoms with Gasteiger partial charge in [0, 0.05) is 25.4 Å². The first-order chi connectivity index (χ1) is 11.5. The second kappa shape index (κ2) is 5.72. The predicted octanol–water partition coefficient (Wildman–Crippen LogP) is 1.84. The van der Waals surface area contributed by atoms with Crippen molar-refractivity contribution in [3.63, 3.8) is 0 Å². The van der Waals surface area contributed by atoms with Crippen LogP contribution in [-0.4, -0.2) is 33.4 Å². The van der Waals surface area contributed by atoms with Crippen LogP contribution in [0.2, 0.25) is 0 Å². The minimum absolute atomic E-state index is 0.00648. The fourth-order valence-electron chi connectivity index (χ4n) is 3.84. The van der Waals surface area contributed by atoms with Crippen molar-refractivity contribution in [3.8, 4) is 5.75 Å². The summed E-state index contributed by atoms with van der Waals surface area (Å²) in [5.41, 5.74) is -0.116. The molecule has 6 nitrogen and oxygen atoms in total. The van der Waals surface area contributed by atoms with E-state index in [4.69, 9.17) is 4.74 Å². The highest BCUT2D eigenvalue weighted by atomic mass is 79.9. The molecule has 0 radical (unpaired) electrons. The van der Waals surface area contributed by atoms with Gasteiger partial charge in [-0.25, -0.2) is 0 Å². The van der Waals surface area contributed by atoms with Crippen LogP contribution in [0.4, 0.5) is 0 Å². The van der Waals surface area contributed by atoms with Crippen molar-refractivity contribution in [2.75, 3.05) is 0 Å². The standard InChI is InChI=1S/C17H19BrN2O4/c1-19-8-13(18)14(7-15(19)21)24-10-4-2-9(3-5-10)20-16(22)11-6-12(11)17(20)23/h7-12H,2-6H2,1H3. The number of imide groups is 1. The summed E-state index contributed by atoms with van der Waals surface area (Å²) in [5, 5.41) is 0. The fraction of sp³-hybridized carbons (Fsp3) is 0.588. The van der Waals surface area contributed by atoms with Crippen molar-refractivity contribution in [2.24, 2.45) is 18.9 Å². The molecule has 4 rings (SSSR count). The van der Waals surface area contributed by atoms with Crippen molar-refractivity contribution < 1.29 is 14.3 Å². The number of likely N-dealkylation sites (tertiary alicyclic amines) is 1. The summed E-state index contributed by atoms with van der Waals surface area (Å²) in [6, 6.07) is 1.50. The zero-order valence-electron chi connectivity index (χ0n) is 13.4. The van der Waals surface area contributed by atoms with Crippen LogP contribution in [0, 0.1) is 11.8 Å². The number of rotatable bonds is 3. The molecule has 3 aliphatic rings. The maximum absolute atomic E-state index is 12.2. The van der Waals surface area contributed by atoms with Crippen LogP contribution in [0.1, 0.15) is 32.1 Å². The second-order valence-corrected chi connectivity index (χ2v) is 7.83. The zero-order chi connectivity index (χ0) is 17.0. The molecule has 1 aromatic heterocycles. The van der Waals surface area contributed by atoms with E-state index in [1.807, 2.05) is 0 Å². The number of hydrogen-bond acceptors (Lipinski definition) is 4. The molecule has 0 spiro atoms. The van der Waals surface area contributed by atoms with Gasteiger partial charge in [0.05, 0.1) is 22.4 Å². The molecule has 2 aliphatic carbocycles. The zero-order valence-corrected chi connectivity index (χ0v) is 15.0. The quantitative estimate of drug-likeness (QED) is 0.733. The largest absolute Gasteiger partial charge is 0.489 e. The molecule has 2 unspecified atom stereocenters. The van der Waals surface area contributed by atoms with Gasteiger partial charge in [0.1, 0.15) is 5.75 Å². The Balaban J connectivity index is 1.38. The van der Waals surface area contributed by atoms with Crippen LogP contribution in [-0.2, 0) is 16.6 Å². The van der Waals surface area contributed by atoms with Crippen LogP contribution in [0.25, 0.3) is 0 Å². The Labute approximate surface area is 147 Å². The molecule has 0 aromatic carbocycles. The molecule has 1 aliphatic heterocycles. The Kier molecular flexibility index (Phi) is 3.78. The lowest BCUT2D eigenvalue weighted by Gasteiger charge is -2.34. The van der Waals surface area contributed by atoms with Crippen molar-refractivity contribution >= 4 is 27.7 Å². The average molecular weight is 395 g/mol. The first-order valence-electron chi connectivity index (χ1n) is 8.35. The van der Waals surface area contributed by atoms with E-state index in [1.165, 1.54) is 15.5 Å². The minimum atomic E-state index is -0.116. The third-order valence-electron chi connectivity index (χ3n) is 5.35. The number of amides is 2. The first kappa shape index (κ1) is 15.9.